The van der Waals surface area contributed by atoms with E-state index in [2.05, 4.69) is 46.3 Å². The van der Waals surface area contributed by atoms with Gasteiger partial charge in [-0.3, -0.25) is 9.69 Å². The zero-order chi connectivity index (χ0) is 16.7. The number of carbonyl (C=O) groups is 1. The summed E-state index contributed by atoms with van der Waals surface area (Å²) in [6.45, 7) is 3.96. The number of amides is 1. The fourth-order valence-corrected chi connectivity index (χ4v) is 4.82. The first-order chi connectivity index (χ1) is 11.6. The van der Waals surface area contributed by atoms with Crippen molar-refractivity contribution in [2.24, 2.45) is 0 Å². The molecule has 2 saturated heterocycles. The molecule has 1 aromatic carbocycles. The third-order valence-electron chi connectivity index (χ3n) is 6.41. The first-order valence-electron chi connectivity index (χ1n) is 9.45. The lowest BCUT2D eigenvalue weighted by molar-refractivity contribution is -0.138. The molecule has 0 radical (unpaired) electrons. The Kier molecular flexibility index (Phi) is 7.37. The first kappa shape index (κ1) is 21.5. The van der Waals surface area contributed by atoms with E-state index in [4.69, 9.17) is 0 Å². The van der Waals surface area contributed by atoms with Gasteiger partial charge in [-0.1, -0.05) is 24.3 Å². The summed E-state index contributed by atoms with van der Waals surface area (Å²) in [4.78, 5) is 17.4. The van der Waals surface area contributed by atoms with Crippen molar-refractivity contribution in [3.63, 3.8) is 0 Å². The highest BCUT2D eigenvalue weighted by molar-refractivity contribution is 5.85. The van der Waals surface area contributed by atoms with Crippen LogP contribution in [0.5, 0.6) is 0 Å². The minimum atomic E-state index is -0.0316. The molecule has 4 rings (SSSR count). The van der Waals surface area contributed by atoms with Crippen molar-refractivity contribution in [2.45, 2.75) is 69.7 Å². The Hall–Kier alpha value is -0.810. The van der Waals surface area contributed by atoms with Crippen molar-refractivity contribution in [3.8, 4) is 0 Å². The third-order valence-corrected chi connectivity index (χ3v) is 6.41. The second kappa shape index (κ2) is 8.92. The average Bonchev–Trinajstić information content (AvgIpc) is 2.97. The topological polar surface area (TPSA) is 35.6 Å². The summed E-state index contributed by atoms with van der Waals surface area (Å²) < 4.78 is 0. The highest BCUT2D eigenvalue weighted by Gasteiger charge is 2.38. The molecular formula is C20H31Cl2N3O. The largest absolute Gasteiger partial charge is 0.341 e. The molecule has 26 heavy (non-hydrogen) atoms. The molecule has 0 aliphatic carbocycles. The number of rotatable bonds is 3. The van der Waals surface area contributed by atoms with E-state index < -0.39 is 0 Å². The number of fused-ring (bicyclic) bond motifs is 3. The van der Waals surface area contributed by atoms with Gasteiger partial charge in [0.15, 0.2) is 0 Å². The Morgan fingerprint density at radius 2 is 1.77 bits per heavy atom. The maximum Gasteiger partial charge on any atom is 0.239 e. The van der Waals surface area contributed by atoms with E-state index in [1.54, 1.807) is 0 Å². The van der Waals surface area contributed by atoms with E-state index >= 15 is 0 Å². The van der Waals surface area contributed by atoms with Crippen molar-refractivity contribution >= 4 is 30.7 Å². The minimum Gasteiger partial charge on any atom is -0.341 e. The molecule has 1 N–H and O–H groups in total. The van der Waals surface area contributed by atoms with Crippen molar-refractivity contribution in [2.75, 3.05) is 13.6 Å². The number of halogens is 2. The Morgan fingerprint density at radius 3 is 2.42 bits per heavy atom. The van der Waals surface area contributed by atoms with Crippen LogP contribution in [0.3, 0.4) is 0 Å². The van der Waals surface area contributed by atoms with Gasteiger partial charge in [0.2, 0.25) is 5.91 Å². The van der Waals surface area contributed by atoms with Gasteiger partial charge in [-0.15, -0.1) is 24.8 Å². The minimum absolute atomic E-state index is 0. The van der Waals surface area contributed by atoms with Crippen LogP contribution in [0, 0.1) is 0 Å². The van der Waals surface area contributed by atoms with Gasteiger partial charge >= 0.3 is 0 Å². The molecule has 2 bridgehead atoms. The lowest BCUT2D eigenvalue weighted by Crippen LogP contribution is -2.54. The third kappa shape index (κ3) is 4.19. The normalized spacial score (nSPS) is 28.3. The standard InChI is InChI=1S/C20H29N3O.2ClH/c1-14(23-10-9-15-5-3-4-6-16(15)13-23)20(24)22(2)19-11-17-7-8-18(12-19)21-17;;/h3-6,14,17-19,21H,7-13H2,1-2H3;2*1H. The zero-order valence-corrected chi connectivity index (χ0v) is 17.3. The summed E-state index contributed by atoms with van der Waals surface area (Å²) >= 11 is 0. The van der Waals surface area contributed by atoms with Crippen molar-refractivity contribution < 1.29 is 4.79 Å². The molecule has 1 aromatic rings. The maximum atomic E-state index is 13.1. The van der Waals surface area contributed by atoms with Gasteiger partial charge in [0, 0.05) is 38.3 Å². The molecule has 3 unspecified atom stereocenters. The summed E-state index contributed by atoms with van der Waals surface area (Å²) in [7, 11) is 2.02. The van der Waals surface area contributed by atoms with Crippen LogP contribution in [-0.2, 0) is 17.8 Å². The summed E-state index contributed by atoms with van der Waals surface area (Å²) in [5.74, 6) is 0.292. The number of hydrogen-bond donors (Lipinski definition) is 1. The number of likely N-dealkylation sites (N-methyl/N-ethyl adjacent to an activating group) is 1. The predicted molar refractivity (Wildman–Crippen MR) is 110 cm³/mol. The van der Waals surface area contributed by atoms with Gasteiger partial charge in [-0.25, -0.2) is 0 Å². The van der Waals surface area contributed by atoms with Crippen LogP contribution in [0.15, 0.2) is 24.3 Å². The lowest BCUT2D eigenvalue weighted by Gasteiger charge is -2.39. The van der Waals surface area contributed by atoms with Gasteiger partial charge < -0.3 is 10.2 Å². The quantitative estimate of drug-likeness (QED) is 0.848. The van der Waals surface area contributed by atoms with Crippen LogP contribution in [0.25, 0.3) is 0 Å². The molecule has 3 heterocycles. The highest BCUT2D eigenvalue weighted by atomic mass is 35.5. The predicted octanol–water partition coefficient (Wildman–Crippen LogP) is 3.02. The molecule has 1 amide bonds. The van der Waals surface area contributed by atoms with Crippen LogP contribution in [0.4, 0.5) is 0 Å². The van der Waals surface area contributed by atoms with Crippen LogP contribution < -0.4 is 5.32 Å². The Morgan fingerprint density at radius 1 is 1.15 bits per heavy atom. The molecule has 3 atom stereocenters. The molecule has 3 aliphatic heterocycles. The van der Waals surface area contributed by atoms with Gasteiger partial charge in [-0.05, 0) is 50.2 Å². The Balaban J connectivity index is 0.00000121. The van der Waals surface area contributed by atoms with Crippen molar-refractivity contribution in [1.82, 2.24) is 15.1 Å². The zero-order valence-electron chi connectivity index (χ0n) is 15.7. The number of benzene rings is 1. The van der Waals surface area contributed by atoms with Gasteiger partial charge in [0.25, 0.3) is 0 Å². The summed E-state index contributed by atoms with van der Waals surface area (Å²) in [6.07, 6.45) is 5.85. The summed E-state index contributed by atoms with van der Waals surface area (Å²) in [5.41, 5.74) is 2.82. The number of nitrogens with zero attached hydrogens (tertiary/aromatic N) is 2. The fraction of sp³-hybridized carbons (Fsp3) is 0.650. The molecule has 4 nitrogen and oxygen atoms in total. The molecule has 0 aromatic heterocycles. The van der Waals surface area contributed by atoms with E-state index in [1.165, 1.54) is 24.0 Å². The Bertz CT molecular complexity index is 615. The van der Waals surface area contributed by atoms with E-state index in [9.17, 15) is 4.79 Å². The molecule has 6 heteroatoms. The van der Waals surface area contributed by atoms with Crippen LogP contribution >= 0.6 is 24.8 Å². The van der Waals surface area contributed by atoms with E-state index in [0.717, 1.165) is 32.4 Å². The molecular weight excluding hydrogens is 369 g/mol. The number of hydrogen-bond acceptors (Lipinski definition) is 3. The smallest absolute Gasteiger partial charge is 0.239 e. The molecule has 0 saturated carbocycles. The second-order valence-corrected chi connectivity index (χ2v) is 7.88. The van der Waals surface area contributed by atoms with Crippen LogP contribution in [0.2, 0.25) is 0 Å². The van der Waals surface area contributed by atoms with Crippen molar-refractivity contribution in [1.29, 1.82) is 0 Å². The van der Waals surface area contributed by atoms with Crippen molar-refractivity contribution in [3.05, 3.63) is 35.4 Å². The van der Waals surface area contributed by atoms with Gasteiger partial charge in [-0.2, -0.15) is 0 Å². The number of carbonyl (C=O) groups excluding carboxylic acids is 1. The molecule has 0 spiro atoms. The average molecular weight is 400 g/mol. The Labute approximate surface area is 169 Å². The summed E-state index contributed by atoms with van der Waals surface area (Å²) in [6, 6.07) is 10.3. The highest BCUT2D eigenvalue weighted by Crippen LogP contribution is 2.30. The second-order valence-electron chi connectivity index (χ2n) is 7.88. The van der Waals surface area contributed by atoms with Crippen LogP contribution in [0.1, 0.15) is 43.7 Å². The SMILES string of the molecule is CC(C(=O)N(C)C1CC2CCC(C1)N2)N1CCc2ccccc2C1.Cl.Cl. The van der Waals surface area contributed by atoms with Crippen LogP contribution in [-0.4, -0.2) is 53.5 Å². The summed E-state index contributed by atoms with van der Waals surface area (Å²) in [5, 5.41) is 3.67. The lowest BCUT2D eigenvalue weighted by atomic mass is 9.96. The van der Waals surface area contributed by atoms with Gasteiger partial charge in [0.1, 0.15) is 0 Å². The molecule has 2 fully saturated rings. The number of nitrogens with one attached hydrogen (secondary N) is 1. The fourth-order valence-electron chi connectivity index (χ4n) is 4.82. The maximum absolute atomic E-state index is 13.1. The monoisotopic (exact) mass is 399 g/mol. The van der Waals surface area contributed by atoms with E-state index in [0.29, 0.717) is 24.0 Å². The first-order valence-corrected chi connectivity index (χ1v) is 9.45. The molecule has 146 valence electrons. The van der Waals surface area contributed by atoms with Gasteiger partial charge in [0.05, 0.1) is 6.04 Å². The van der Waals surface area contributed by atoms with E-state index in [-0.39, 0.29) is 30.9 Å². The van der Waals surface area contributed by atoms with E-state index in [1.807, 2.05) is 7.05 Å². The number of piperidine rings is 1. The molecule has 3 aliphatic rings.